The summed E-state index contributed by atoms with van der Waals surface area (Å²) in [7, 11) is 1.96. The van der Waals surface area contributed by atoms with Crippen LogP contribution in [0.3, 0.4) is 0 Å². The van der Waals surface area contributed by atoms with Crippen LogP contribution in [0, 0.1) is 6.92 Å². The Hall–Kier alpha value is -1.26. The first-order valence-corrected chi connectivity index (χ1v) is 5.98. The Balaban J connectivity index is 2.17. The Morgan fingerprint density at radius 2 is 2.00 bits per heavy atom. The van der Waals surface area contributed by atoms with Crippen LogP contribution < -0.4 is 5.73 Å². The molecule has 0 radical (unpaired) electrons. The lowest BCUT2D eigenvalue weighted by atomic mass is 10.2. The first-order chi connectivity index (χ1) is 7.69. The van der Waals surface area contributed by atoms with Crippen molar-refractivity contribution in [1.82, 2.24) is 9.78 Å². The maximum atomic E-state index is 5.56. The van der Waals surface area contributed by atoms with Gasteiger partial charge in [-0.05, 0) is 30.7 Å². The fourth-order valence-electron chi connectivity index (χ4n) is 1.50. The molecule has 0 saturated heterocycles. The van der Waals surface area contributed by atoms with Crippen molar-refractivity contribution in [1.29, 1.82) is 0 Å². The Morgan fingerprint density at radius 1 is 1.31 bits per heavy atom. The molecule has 3 nitrogen and oxygen atoms in total. The summed E-state index contributed by atoms with van der Waals surface area (Å²) in [6, 6.07) is 10.4. The molecule has 0 saturated carbocycles. The van der Waals surface area contributed by atoms with Crippen LogP contribution in [0.4, 0.5) is 0 Å². The summed E-state index contributed by atoms with van der Waals surface area (Å²) in [5.41, 5.74) is 7.76. The van der Waals surface area contributed by atoms with Gasteiger partial charge in [0.1, 0.15) is 0 Å². The number of hydrogen-bond donors (Lipinski definition) is 1. The SMILES string of the molecule is Cc1cc(Sc2ccc(CN)cc2)n(C)n1. The van der Waals surface area contributed by atoms with Crippen molar-refractivity contribution in [2.24, 2.45) is 12.8 Å². The van der Waals surface area contributed by atoms with Crippen LogP contribution in [0.15, 0.2) is 40.3 Å². The highest BCUT2D eigenvalue weighted by Crippen LogP contribution is 2.27. The average Bonchev–Trinajstić information content (AvgIpc) is 2.59. The van der Waals surface area contributed by atoms with Gasteiger partial charge in [0.2, 0.25) is 0 Å². The number of aryl methyl sites for hydroxylation is 2. The second-order valence-corrected chi connectivity index (χ2v) is 4.79. The predicted molar refractivity (Wildman–Crippen MR) is 66.4 cm³/mol. The maximum absolute atomic E-state index is 5.56. The normalized spacial score (nSPS) is 10.7. The molecule has 84 valence electrons. The van der Waals surface area contributed by atoms with Crippen LogP contribution in [0.25, 0.3) is 0 Å². The van der Waals surface area contributed by atoms with Gasteiger partial charge in [-0.25, -0.2) is 0 Å². The molecule has 0 bridgehead atoms. The van der Waals surface area contributed by atoms with Gasteiger partial charge >= 0.3 is 0 Å². The van der Waals surface area contributed by atoms with Crippen molar-refractivity contribution < 1.29 is 0 Å². The molecule has 0 aliphatic heterocycles. The molecule has 0 amide bonds. The van der Waals surface area contributed by atoms with E-state index in [1.807, 2.05) is 18.7 Å². The third-order valence-electron chi connectivity index (χ3n) is 2.34. The van der Waals surface area contributed by atoms with Crippen molar-refractivity contribution in [3.05, 3.63) is 41.6 Å². The van der Waals surface area contributed by atoms with E-state index in [9.17, 15) is 0 Å². The van der Waals surface area contributed by atoms with E-state index in [0.29, 0.717) is 6.54 Å². The molecule has 1 aromatic carbocycles. The van der Waals surface area contributed by atoms with Crippen LogP contribution in [0.2, 0.25) is 0 Å². The molecule has 2 N–H and O–H groups in total. The van der Waals surface area contributed by atoms with Gasteiger partial charge in [0, 0.05) is 18.5 Å². The van der Waals surface area contributed by atoms with Crippen LogP contribution >= 0.6 is 11.8 Å². The minimum atomic E-state index is 0.593. The van der Waals surface area contributed by atoms with Crippen molar-refractivity contribution in [2.75, 3.05) is 0 Å². The Kier molecular flexibility index (Phi) is 3.31. The molecular weight excluding hydrogens is 218 g/mol. The van der Waals surface area contributed by atoms with Gasteiger partial charge in [-0.1, -0.05) is 23.9 Å². The Bertz CT molecular complexity index is 474. The fourth-order valence-corrected chi connectivity index (χ4v) is 2.41. The van der Waals surface area contributed by atoms with E-state index in [-0.39, 0.29) is 0 Å². The highest BCUT2D eigenvalue weighted by Gasteiger charge is 2.03. The lowest BCUT2D eigenvalue weighted by Gasteiger charge is -2.02. The molecule has 0 fully saturated rings. The van der Waals surface area contributed by atoms with E-state index < -0.39 is 0 Å². The van der Waals surface area contributed by atoms with Gasteiger partial charge in [-0.2, -0.15) is 5.10 Å². The van der Waals surface area contributed by atoms with E-state index in [2.05, 4.69) is 35.4 Å². The molecule has 2 aromatic rings. The minimum absolute atomic E-state index is 0.593. The summed E-state index contributed by atoms with van der Waals surface area (Å²) in [6.45, 7) is 2.59. The lowest BCUT2D eigenvalue weighted by molar-refractivity contribution is 0.692. The highest BCUT2D eigenvalue weighted by atomic mass is 32.2. The first-order valence-electron chi connectivity index (χ1n) is 5.16. The van der Waals surface area contributed by atoms with E-state index in [1.165, 1.54) is 4.90 Å². The monoisotopic (exact) mass is 233 g/mol. The smallest absolute Gasteiger partial charge is 0.0986 e. The average molecular weight is 233 g/mol. The van der Waals surface area contributed by atoms with E-state index in [4.69, 9.17) is 5.73 Å². The van der Waals surface area contributed by atoms with Crippen LogP contribution in [0.1, 0.15) is 11.3 Å². The van der Waals surface area contributed by atoms with E-state index in [0.717, 1.165) is 16.3 Å². The second kappa shape index (κ2) is 4.72. The van der Waals surface area contributed by atoms with Crippen LogP contribution in [0.5, 0.6) is 0 Å². The summed E-state index contributed by atoms with van der Waals surface area (Å²) in [5, 5.41) is 5.47. The third-order valence-corrected chi connectivity index (χ3v) is 3.44. The topological polar surface area (TPSA) is 43.8 Å². The van der Waals surface area contributed by atoms with Crippen LogP contribution in [-0.4, -0.2) is 9.78 Å². The predicted octanol–water partition coefficient (Wildman–Crippen LogP) is 2.34. The standard InChI is InChI=1S/C12H15N3S/c1-9-7-12(15(2)14-9)16-11-5-3-10(8-13)4-6-11/h3-7H,8,13H2,1-2H3. The number of aromatic nitrogens is 2. The molecule has 1 heterocycles. The molecule has 4 heteroatoms. The molecule has 16 heavy (non-hydrogen) atoms. The maximum Gasteiger partial charge on any atom is 0.0986 e. The molecule has 0 atom stereocenters. The second-order valence-electron chi connectivity index (χ2n) is 3.70. The molecule has 0 aliphatic rings. The summed E-state index contributed by atoms with van der Waals surface area (Å²) >= 11 is 1.71. The summed E-state index contributed by atoms with van der Waals surface area (Å²) < 4.78 is 1.90. The van der Waals surface area contributed by atoms with Gasteiger partial charge in [0.05, 0.1) is 10.7 Å². The van der Waals surface area contributed by atoms with Gasteiger partial charge in [0.25, 0.3) is 0 Å². The summed E-state index contributed by atoms with van der Waals surface area (Å²) in [6.07, 6.45) is 0. The van der Waals surface area contributed by atoms with Crippen molar-refractivity contribution in [3.8, 4) is 0 Å². The zero-order valence-corrected chi connectivity index (χ0v) is 10.3. The zero-order chi connectivity index (χ0) is 11.5. The molecular formula is C12H15N3S. The minimum Gasteiger partial charge on any atom is -0.326 e. The Morgan fingerprint density at radius 3 is 2.50 bits per heavy atom. The van der Waals surface area contributed by atoms with Gasteiger partial charge in [-0.15, -0.1) is 0 Å². The lowest BCUT2D eigenvalue weighted by Crippen LogP contribution is -1.95. The number of rotatable bonds is 3. The third kappa shape index (κ3) is 2.46. The zero-order valence-electron chi connectivity index (χ0n) is 9.47. The molecule has 2 rings (SSSR count). The number of hydrogen-bond acceptors (Lipinski definition) is 3. The van der Waals surface area contributed by atoms with Crippen molar-refractivity contribution in [3.63, 3.8) is 0 Å². The number of benzene rings is 1. The van der Waals surface area contributed by atoms with Crippen molar-refractivity contribution in [2.45, 2.75) is 23.4 Å². The summed E-state index contributed by atoms with van der Waals surface area (Å²) in [4.78, 5) is 1.21. The Labute approximate surface area is 99.7 Å². The van der Waals surface area contributed by atoms with Gasteiger partial charge in [-0.3, -0.25) is 4.68 Å². The molecule has 0 spiro atoms. The number of nitrogens with two attached hydrogens (primary N) is 1. The highest BCUT2D eigenvalue weighted by molar-refractivity contribution is 7.99. The largest absolute Gasteiger partial charge is 0.326 e. The molecule has 0 unspecified atom stereocenters. The van der Waals surface area contributed by atoms with Crippen LogP contribution in [-0.2, 0) is 13.6 Å². The fraction of sp³-hybridized carbons (Fsp3) is 0.250. The molecule has 0 aliphatic carbocycles. The van der Waals surface area contributed by atoms with E-state index >= 15 is 0 Å². The quantitative estimate of drug-likeness (QED) is 0.885. The summed E-state index contributed by atoms with van der Waals surface area (Å²) in [5.74, 6) is 0. The first kappa shape index (κ1) is 11.2. The molecule has 1 aromatic heterocycles. The van der Waals surface area contributed by atoms with Crippen molar-refractivity contribution >= 4 is 11.8 Å². The van der Waals surface area contributed by atoms with Gasteiger partial charge < -0.3 is 5.73 Å². The number of nitrogens with zero attached hydrogens (tertiary/aromatic N) is 2. The van der Waals surface area contributed by atoms with E-state index in [1.54, 1.807) is 11.8 Å². The van der Waals surface area contributed by atoms with Gasteiger partial charge in [0.15, 0.2) is 0 Å².